The van der Waals surface area contributed by atoms with Crippen LogP contribution in [0.4, 0.5) is 5.69 Å². The summed E-state index contributed by atoms with van der Waals surface area (Å²) in [6, 6.07) is 23.7. The van der Waals surface area contributed by atoms with E-state index in [0.717, 1.165) is 22.8 Å². The Balaban J connectivity index is 1.69. The summed E-state index contributed by atoms with van der Waals surface area (Å²) in [5.41, 5.74) is 5.02. The van der Waals surface area contributed by atoms with Crippen LogP contribution in [0.3, 0.4) is 0 Å². The molecule has 4 aromatic rings. The van der Waals surface area contributed by atoms with Gasteiger partial charge in [0.2, 0.25) is 0 Å². The highest BCUT2D eigenvalue weighted by Crippen LogP contribution is 2.43. The smallest absolute Gasteiger partial charge is 0.174 e. The first kappa shape index (κ1) is 21.0. The van der Waals surface area contributed by atoms with E-state index in [1.54, 1.807) is 6.07 Å². The van der Waals surface area contributed by atoms with Gasteiger partial charge < -0.3 is 14.8 Å². The number of aryl methyl sites for hydroxylation is 1. The van der Waals surface area contributed by atoms with Gasteiger partial charge in [-0.15, -0.1) is 0 Å². The van der Waals surface area contributed by atoms with Crippen LogP contribution in [-0.2, 0) is 0 Å². The number of thiocarbonyl (C=S) groups is 1. The Labute approximate surface area is 202 Å². The van der Waals surface area contributed by atoms with Crippen molar-refractivity contribution < 1.29 is 0 Å². The SMILES string of the molecule is Cc1cccc(N2C(=S)N[C@@H](c3ccccn3)[C@@H]2c2cccn2-c2ccc(Cl)cc2Cl)c1. The lowest BCUT2D eigenvalue weighted by Crippen LogP contribution is -2.30. The summed E-state index contributed by atoms with van der Waals surface area (Å²) in [5.74, 6) is 0. The number of rotatable bonds is 4. The fourth-order valence-corrected chi connectivity index (χ4v) is 5.09. The second-order valence-electron chi connectivity index (χ2n) is 7.73. The molecule has 2 aromatic carbocycles. The summed E-state index contributed by atoms with van der Waals surface area (Å²) < 4.78 is 2.09. The standard InChI is InChI=1S/C25H20Cl2N4S/c1-16-6-4-7-18(14-16)31-24(23(29-25(31)32)20-8-2-3-12-28-20)22-9-5-13-30(22)21-11-10-17(26)15-19(21)27/h2-15,23-24H,1H3,(H,29,32)/t23-,24-/m0/s1. The maximum Gasteiger partial charge on any atom is 0.174 e. The summed E-state index contributed by atoms with van der Waals surface area (Å²) >= 11 is 18.6. The average molecular weight is 479 g/mol. The van der Waals surface area contributed by atoms with Crippen LogP contribution in [0.25, 0.3) is 5.69 Å². The van der Waals surface area contributed by atoms with Crippen LogP contribution in [0, 0.1) is 6.92 Å². The molecule has 0 saturated carbocycles. The zero-order valence-corrected chi connectivity index (χ0v) is 19.6. The number of hydrogen-bond acceptors (Lipinski definition) is 2. The largest absolute Gasteiger partial charge is 0.351 e. The molecule has 0 radical (unpaired) electrons. The summed E-state index contributed by atoms with van der Waals surface area (Å²) in [5, 5.41) is 5.35. The zero-order valence-electron chi connectivity index (χ0n) is 17.2. The van der Waals surface area contributed by atoms with Gasteiger partial charge in [-0.2, -0.15) is 0 Å². The molecule has 5 rings (SSSR count). The highest BCUT2D eigenvalue weighted by molar-refractivity contribution is 7.80. The van der Waals surface area contributed by atoms with E-state index in [2.05, 4.69) is 51.0 Å². The van der Waals surface area contributed by atoms with Gasteiger partial charge >= 0.3 is 0 Å². The maximum absolute atomic E-state index is 6.58. The molecule has 1 N–H and O–H groups in total. The number of aromatic nitrogens is 2. The second kappa shape index (κ2) is 8.58. The molecule has 0 amide bonds. The van der Waals surface area contributed by atoms with E-state index in [1.807, 2.05) is 54.9 Å². The van der Waals surface area contributed by atoms with Crippen molar-refractivity contribution in [2.45, 2.75) is 19.0 Å². The van der Waals surface area contributed by atoms with Crippen LogP contribution in [-0.4, -0.2) is 14.7 Å². The monoisotopic (exact) mass is 478 g/mol. The fraction of sp³-hybridized carbons (Fsp3) is 0.120. The highest BCUT2D eigenvalue weighted by Gasteiger charge is 2.42. The molecule has 1 aliphatic heterocycles. The van der Waals surface area contributed by atoms with Gasteiger partial charge in [0.1, 0.15) is 6.04 Å². The number of anilines is 1. The summed E-state index contributed by atoms with van der Waals surface area (Å²) in [4.78, 5) is 6.79. The molecule has 7 heteroatoms. The first-order chi connectivity index (χ1) is 15.5. The summed E-state index contributed by atoms with van der Waals surface area (Å²) in [6.45, 7) is 2.08. The maximum atomic E-state index is 6.58. The van der Waals surface area contributed by atoms with Gasteiger partial charge in [0.15, 0.2) is 5.11 Å². The summed E-state index contributed by atoms with van der Waals surface area (Å²) in [7, 11) is 0. The molecule has 0 bridgehead atoms. The number of nitrogens with one attached hydrogen (secondary N) is 1. The predicted molar refractivity (Wildman–Crippen MR) is 135 cm³/mol. The molecule has 3 heterocycles. The van der Waals surface area contributed by atoms with Gasteiger partial charge in [-0.05, 0) is 79.3 Å². The number of nitrogens with zero attached hydrogens (tertiary/aromatic N) is 3. The summed E-state index contributed by atoms with van der Waals surface area (Å²) in [6.07, 6.45) is 3.82. The molecule has 2 atom stereocenters. The molecule has 1 saturated heterocycles. The molecule has 4 nitrogen and oxygen atoms in total. The van der Waals surface area contributed by atoms with Crippen LogP contribution in [0.2, 0.25) is 10.0 Å². The van der Waals surface area contributed by atoms with E-state index in [0.29, 0.717) is 15.2 Å². The van der Waals surface area contributed by atoms with Crippen molar-refractivity contribution in [3.05, 3.63) is 112 Å². The van der Waals surface area contributed by atoms with Crippen molar-refractivity contribution in [1.82, 2.24) is 14.9 Å². The van der Waals surface area contributed by atoms with Crippen LogP contribution >= 0.6 is 35.4 Å². The molecular weight excluding hydrogens is 459 g/mol. The van der Waals surface area contributed by atoms with E-state index in [9.17, 15) is 0 Å². The van der Waals surface area contributed by atoms with Crippen molar-refractivity contribution in [3.8, 4) is 5.69 Å². The van der Waals surface area contributed by atoms with Crippen LogP contribution in [0.5, 0.6) is 0 Å². The van der Waals surface area contributed by atoms with Gasteiger partial charge in [0, 0.05) is 28.8 Å². The first-order valence-electron chi connectivity index (χ1n) is 10.2. The molecule has 32 heavy (non-hydrogen) atoms. The molecular formula is C25H20Cl2N4S. The molecule has 0 unspecified atom stereocenters. The van der Waals surface area contributed by atoms with Gasteiger partial charge in [-0.25, -0.2) is 0 Å². The molecule has 1 aliphatic rings. The minimum absolute atomic E-state index is 0.135. The molecule has 1 fully saturated rings. The second-order valence-corrected chi connectivity index (χ2v) is 8.96. The van der Waals surface area contributed by atoms with Crippen molar-refractivity contribution in [2.24, 2.45) is 0 Å². The fourth-order valence-electron chi connectivity index (χ4n) is 4.24. The van der Waals surface area contributed by atoms with E-state index in [1.165, 1.54) is 5.56 Å². The van der Waals surface area contributed by atoms with Crippen LogP contribution in [0.1, 0.15) is 29.0 Å². The van der Waals surface area contributed by atoms with Crippen molar-refractivity contribution in [1.29, 1.82) is 0 Å². The molecule has 2 aromatic heterocycles. The first-order valence-corrected chi connectivity index (χ1v) is 11.4. The van der Waals surface area contributed by atoms with Crippen molar-refractivity contribution >= 4 is 46.2 Å². The van der Waals surface area contributed by atoms with Gasteiger partial charge in [0.05, 0.1) is 22.4 Å². The Morgan fingerprint density at radius 2 is 1.84 bits per heavy atom. The van der Waals surface area contributed by atoms with Gasteiger partial charge in [-0.1, -0.05) is 41.4 Å². The predicted octanol–water partition coefficient (Wildman–Crippen LogP) is 6.66. The Hall–Kier alpha value is -2.86. The number of benzene rings is 2. The van der Waals surface area contributed by atoms with Gasteiger partial charge in [0.25, 0.3) is 0 Å². The number of halogens is 2. The van der Waals surface area contributed by atoms with E-state index in [-0.39, 0.29) is 12.1 Å². The Morgan fingerprint density at radius 3 is 2.59 bits per heavy atom. The van der Waals surface area contributed by atoms with E-state index >= 15 is 0 Å². The average Bonchev–Trinajstić information content (AvgIpc) is 3.38. The normalized spacial score (nSPS) is 18.1. The van der Waals surface area contributed by atoms with Crippen LogP contribution in [0.15, 0.2) is 85.2 Å². The molecule has 0 spiro atoms. The minimum atomic E-state index is -0.138. The Bertz CT molecular complexity index is 1290. The third-order valence-electron chi connectivity index (χ3n) is 5.63. The zero-order chi connectivity index (χ0) is 22.2. The lowest BCUT2D eigenvalue weighted by molar-refractivity contribution is 0.549. The molecule has 0 aliphatic carbocycles. The lowest BCUT2D eigenvalue weighted by Gasteiger charge is -2.29. The molecule has 160 valence electrons. The Kier molecular flexibility index (Phi) is 5.64. The van der Waals surface area contributed by atoms with E-state index < -0.39 is 0 Å². The third-order valence-corrected chi connectivity index (χ3v) is 6.48. The number of hydrogen-bond donors (Lipinski definition) is 1. The van der Waals surface area contributed by atoms with Crippen molar-refractivity contribution in [2.75, 3.05) is 4.90 Å². The van der Waals surface area contributed by atoms with Crippen molar-refractivity contribution in [3.63, 3.8) is 0 Å². The third kappa shape index (κ3) is 3.77. The lowest BCUT2D eigenvalue weighted by atomic mass is 10.0. The van der Waals surface area contributed by atoms with Crippen LogP contribution < -0.4 is 10.2 Å². The quantitative estimate of drug-likeness (QED) is 0.332. The van der Waals surface area contributed by atoms with E-state index in [4.69, 9.17) is 35.4 Å². The topological polar surface area (TPSA) is 33.1 Å². The number of pyridine rings is 1. The minimum Gasteiger partial charge on any atom is -0.351 e. The highest BCUT2D eigenvalue weighted by atomic mass is 35.5. The van der Waals surface area contributed by atoms with Gasteiger partial charge in [-0.3, -0.25) is 4.98 Å². The Morgan fingerprint density at radius 1 is 0.969 bits per heavy atom.